The van der Waals surface area contributed by atoms with Crippen molar-refractivity contribution in [2.45, 2.75) is 18.9 Å². The molecule has 24 heavy (non-hydrogen) atoms. The molecule has 7 nitrogen and oxygen atoms in total. The van der Waals surface area contributed by atoms with Gasteiger partial charge in [0.2, 0.25) is 5.82 Å². The lowest BCUT2D eigenvalue weighted by molar-refractivity contribution is 0.112. The molecule has 120 valence electrons. The Morgan fingerprint density at radius 2 is 2.00 bits per heavy atom. The summed E-state index contributed by atoms with van der Waals surface area (Å²) in [5, 5.41) is 2.71. The van der Waals surface area contributed by atoms with Crippen LogP contribution in [0, 0.1) is 0 Å². The quantitative estimate of drug-likeness (QED) is 0.630. The second kappa shape index (κ2) is 6.03. The van der Waals surface area contributed by atoms with Gasteiger partial charge in [0, 0.05) is 19.0 Å². The molecule has 1 saturated heterocycles. The van der Waals surface area contributed by atoms with E-state index in [1.807, 2.05) is 5.94 Å². The summed E-state index contributed by atoms with van der Waals surface area (Å²) in [5.41, 5.74) is 2.05. The fraction of sp³-hybridized carbons (Fsp3) is 0.235. The van der Waals surface area contributed by atoms with Crippen molar-refractivity contribution >= 4 is 35.5 Å². The van der Waals surface area contributed by atoms with Crippen LogP contribution < -0.4 is 15.1 Å². The van der Waals surface area contributed by atoms with E-state index in [-0.39, 0.29) is 17.2 Å². The fourth-order valence-corrected chi connectivity index (χ4v) is 3.18. The summed E-state index contributed by atoms with van der Waals surface area (Å²) in [5.74, 6) is 5.61. The molecule has 0 aliphatic carbocycles. The molecule has 1 aromatic carbocycles. The molecule has 0 spiro atoms. The molecule has 0 amide bonds. The standard InChI is InChI=1S/C17H13N3O4/c1-19-16(10-24)20(15-4-2-3-11(7-21)17(15)19)14-6-5-12(8-22)18-13(14)9-23/h2-4,7,14,18H,5-6H2,1H3. The summed E-state index contributed by atoms with van der Waals surface area (Å²) in [6.45, 7) is 0. The Hall–Kier alpha value is -3.36. The molecule has 1 N–H and O–H groups in total. The van der Waals surface area contributed by atoms with E-state index in [9.17, 15) is 19.2 Å². The highest BCUT2D eigenvalue weighted by Crippen LogP contribution is 2.44. The van der Waals surface area contributed by atoms with Gasteiger partial charge in [0.15, 0.2) is 12.2 Å². The first-order chi connectivity index (χ1) is 11.7. The van der Waals surface area contributed by atoms with Crippen molar-refractivity contribution in [2.75, 3.05) is 16.8 Å². The Morgan fingerprint density at radius 3 is 2.62 bits per heavy atom. The Balaban J connectivity index is 2.15. The number of piperidine rings is 1. The number of hydrogen-bond acceptors (Lipinski definition) is 7. The van der Waals surface area contributed by atoms with Crippen molar-refractivity contribution in [1.82, 2.24) is 5.32 Å². The Bertz CT molecular complexity index is 872. The minimum Gasteiger partial charge on any atom is -0.342 e. The lowest BCUT2D eigenvalue weighted by atomic mass is 9.99. The van der Waals surface area contributed by atoms with Crippen molar-refractivity contribution < 1.29 is 19.2 Å². The molecule has 1 unspecified atom stereocenters. The van der Waals surface area contributed by atoms with Crippen LogP contribution >= 0.6 is 0 Å². The summed E-state index contributed by atoms with van der Waals surface area (Å²) in [6.07, 6.45) is 1.52. The molecule has 2 heterocycles. The first kappa shape index (κ1) is 15.5. The maximum Gasteiger partial charge on any atom is 0.201 e. The van der Waals surface area contributed by atoms with E-state index in [0.717, 1.165) is 0 Å². The number of carbonyl (C=O) groups excluding carboxylic acids is 4. The molecule has 2 aliphatic heterocycles. The zero-order valence-electron chi connectivity index (χ0n) is 12.8. The Morgan fingerprint density at radius 1 is 1.21 bits per heavy atom. The van der Waals surface area contributed by atoms with Gasteiger partial charge in [-0.2, -0.15) is 0 Å². The van der Waals surface area contributed by atoms with Crippen LogP contribution in [0.4, 0.5) is 11.4 Å². The highest BCUT2D eigenvalue weighted by atomic mass is 16.1. The maximum absolute atomic E-state index is 11.5. The number of allylic oxidation sites excluding steroid dienone is 1. The second-order valence-electron chi connectivity index (χ2n) is 5.46. The Labute approximate surface area is 137 Å². The van der Waals surface area contributed by atoms with Crippen molar-refractivity contribution in [2.24, 2.45) is 0 Å². The van der Waals surface area contributed by atoms with Gasteiger partial charge in [-0.05, 0) is 18.6 Å². The summed E-state index contributed by atoms with van der Waals surface area (Å²) >= 11 is 0. The van der Waals surface area contributed by atoms with Crippen molar-refractivity contribution in [3.8, 4) is 0 Å². The van der Waals surface area contributed by atoms with Crippen LogP contribution in [0.2, 0.25) is 0 Å². The summed E-state index contributed by atoms with van der Waals surface area (Å²) in [4.78, 5) is 48.2. The van der Waals surface area contributed by atoms with Gasteiger partial charge in [-0.1, -0.05) is 6.07 Å². The van der Waals surface area contributed by atoms with E-state index in [1.54, 1.807) is 46.9 Å². The largest absolute Gasteiger partial charge is 0.342 e. The van der Waals surface area contributed by atoms with Crippen LogP contribution in [0.5, 0.6) is 0 Å². The third-order valence-corrected chi connectivity index (χ3v) is 4.24. The van der Waals surface area contributed by atoms with Crippen molar-refractivity contribution in [3.05, 3.63) is 41.0 Å². The SMILES string of the molecule is CN1C(=C=O)N(C2CCC(=C=O)NC2=C=O)c2cccc(C=O)c21. The molecule has 0 bridgehead atoms. The monoisotopic (exact) mass is 323 g/mol. The topological polar surface area (TPSA) is 86.8 Å². The van der Waals surface area contributed by atoms with E-state index in [2.05, 4.69) is 5.32 Å². The molecule has 0 aromatic heterocycles. The minimum absolute atomic E-state index is 0.144. The number of nitrogens with zero attached hydrogens (tertiary/aromatic N) is 2. The van der Waals surface area contributed by atoms with Gasteiger partial charge in [-0.15, -0.1) is 0 Å². The smallest absolute Gasteiger partial charge is 0.201 e. The number of carbonyl (C=O) groups is 1. The average molecular weight is 323 g/mol. The highest BCUT2D eigenvalue weighted by Gasteiger charge is 2.40. The van der Waals surface area contributed by atoms with Crippen molar-refractivity contribution in [1.29, 1.82) is 0 Å². The van der Waals surface area contributed by atoms with Crippen LogP contribution in [0.25, 0.3) is 0 Å². The molecular weight excluding hydrogens is 310 g/mol. The molecular formula is C17H13N3O4. The van der Waals surface area contributed by atoms with E-state index in [0.29, 0.717) is 36.1 Å². The van der Waals surface area contributed by atoms with Crippen LogP contribution in [-0.2, 0) is 14.4 Å². The predicted octanol–water partition coefficient (Wildman–Crippen LogP) is 0.611. The normalized spacial score (nSPS) is 19.2. The van der Waals surface area contributed by atoms with E-state index in [1.165, 1.54) is 0 Å². The third kappa shape index (κ3) is 2.18. The fourth-order valence-electron chi connectivity index (χ4n) is 3.18. The number of anilines is 2. The number of fused-ring (bicyclic) bond motifs is 1. The van der Waals surface area contributed by atoms with Gasteiger partial charge in [0.1, 0.15) is 23.3 Å². The number of aldehydes is 1. The van der Waals surface area contributed by atoms with E-state index < -0.39 is 6.04 Å². The number of rotatable bonds is 2. The minimum atomic E-state index is -0.512. The van der Waals surface area contributed by atoms with Gasteiger partial charge in [0.25, 0.3) is 0 Å². The molecule has 0 radical (unpaired) electrons. The van der Waals surface area contributed by atoms with Gasteiger partial charge >= 0.3 is 0 Å². The zero-order chi connectivity index (χ0) is 17.3. The Kier molecular flexibility index (Phi) is 3.90. The van der Waals surface area contributed by atoms with Crippen LogP contribution in [0.1, 0.15) is 23.2 Å². The van der Waals surface area contributed by atoms with Gasteiger partial charge in [0.05, 0.1) is 17.4 Å². The summed E-state index contributed by atoms with van der Waals surface area (Å²) in [7, 11) is 1.66. The number of hydrogen-bond donors (Lipinski definition) is 1. The second-order valence-corrected chi connectivity index (χ2v) is 5.46. The molecule has 7 heteroatoms. The van der Waals surface area contributed by atoms with Crippen LogP contribution in [0.15, 0.2) is 35.4 Å². The van der Waals surface area contributed by atoms with Crippen LogP contribution in [0.3, 0.4) is 0 Å². The number of nitrogens with one attached hydrogen (secondary N) is 1. The third-order valence-electron chi connectivity index (χ3n) is 4.24. The zero-order valence-corrected chi connectivity index (χ0v) is 12.8. The molecule has 1 fully saturated rings. The van der Waals surface area contributed by atoms with Gasteiger partial charge in [-0.3, -0.25) is 4.79 Å². The predicted molar refractivity (Wildman–Crippen MR) is 86.5 cm³/mol. The average Bonchev–Trinajstić information content (AvgIpc) is 2.92. The number of para-hydroxylation sites is 1. The van der Waals surface area contributed by atoms with E-state index in [4.69, 9.17) is 0 Å². The maximum atomic E-state index is 11.5. The molecule has 3 rings (SSSR count). The first-order valence-corrected chi connectivity index (χ1v) is 7.28. The molecule has 1 aromatic rings. The molecule has 1 atom stereocenters. The van der Waals surface area contributed by atoms with Crippen LogP contribution in [-0.4, -0.2) is 37.2 Å². The lowest BCUT2D eigenvalue weighted by Gasteiger charge is -2.33. The summed E-state index contributed by atoms with van der Waals surface area (Å²) < 4.78 is 0. The molecule has 2 aliphatic rings. The van der Waals surface area contributed by atoms with Gasteiger partial charge < -0.3 is 15.1 Å². The summed E-state index contributed by atoms with van der Waals surface area (Å²) in [6, 6.07) is 4.60. The lowest BCUT2D eigenvalue weighted by Crippen LogP contribution is -2.44. The van der Waals surface area contributed by atoms with Crippen molar-refractivity contribution in [3.63, 3.8) is 0 Å². The number of benzene rings is 1. The molecule has 0 saturated carbocycles. The van der Waals surface area contributed by atoms with Gasteiger partial charge in [-0.25, -0.2) is 14.4 Å². The first-order valence-electron chi connectivity index (χ1n) is 7.28. The van der Waals surface area contributed by atoms with E-state index >= 15 is 0 Å². The highest BCUT2D eigenvalue weighted by molar-refractivity contribution is 5.98.